The van der Waals surface area contributed by atoms with E-state index in [4.69, 9.17) is 16.3 Å². The predicted molar refractivity (Wildman–Crippen MR) is 132 cm³/mol. The number of carbonyl (C=O) groups is 3. The Kier molecular flexibility index (Phi) is 9.64. The van der Waals surface area contributed by atoms with Crippen LogP contribution in [-0.4, -0.2) is 54.9 Å². The number of fused-ring (bicyclic) bond motifs is 1. The standard InChI is InChI=1S/C26H30ClF2N3O4/c1-16(2)11-19-15-36-23-8-5-17(27)12-21(23)25(34)30-9-3-4-10-32(14-24(33)31-19)26(35)20-7-6-18(28)13-22(20)29/h5-8,12-13,16,19H,3-4,9-11,14-15H2,1-2H3,(H,30,34)(H,31,33)/t19-/m1/s1. The van der Waals surface area contributed by atoms with Gasteiger partial charge in [-0.25, -0.2) is 8.78 Å². The first-order chi connectivity index (χ1) is 17.1. The molecule has 0 aliphatic carbocycles. The van der Waals surface area contributed by atoms with Gasteiger partial charge in [-0.3, -0.25) is 14.4 Å². The summed E-state index contributed by atoms with van der Waals surface area (Å²) in [5, 5.41) is 6.10. The van der Waals surface area contributed by atoms with Gasteiger partial charge in [0.25, 0.3) is 11.8 Å². The van der Waals surface area contributed by atoms with Gasteiger partial charge in [0.2, 0.25) is 5.91 Å². The van der Waals surface area contributed by atoms with E-state index in [-0.39, 0.29) is 42.6 Å². The summed E-state index contributed by atoms with van der Waals surface area (Å²) < 4.78 is 33.5. The highest BCUT2D eigenvalue weighted by Crippen LogP contribution is 2.24. The molecule has 2 aromatic carbocycles. The Morgan fingerprint density at radius 1 is 1.17 bits per heavy atom. The van der Waals surface area contributed by atoms with Crippen LogP contribution in [0.4, 0.5) is 8.78 Å². The first-order valence-corrected chi connectivity index (χ1v) is 12.3. The van der Waals surface area contributed by atoms with E-state index in [1.807, 2.05) is 13.8 Å². The molecule has 0 saturated carbocycles. The fourth-order valence-electron chi connectivity index (χ4n) is 3.99. The van der Waals surface area contributed by atoms with Crippen molar-refractivity contribution in [2.45, 2.75) is 39.2 Å². The van der Waals surface area contributed by atoms with Crippen LogP contribution < -0.4 is 15.4 Å². The number of halogens is 3. The minimum atomic E-state index is -0.994. The Balaban J connectivity index is 1.84. The van der Waals surface area contributed by atoms with Crippen LogP contribution in [0.5, 0.6) is 5.75 Å². The summed E-state index contributed by atoms with van der Waals surface area (Å²) in [4.78, 5) is 40.0. The Morgan fingerprint density at radius 3 is 2.67 bits per heavy atom. The normalized spacial score (nSPS) is 17.8. The number of benzene rings is 2. The van der Waals surface area contributed by atoms with E-state index >= 15 is 0 Å². The van der Waals surface area contributed by atoms with Gasteiger partial charge in [0.1, 0.15) is 24.0 Å². The molecule has 0 radical (unpaired) electrons. The van der Waals surface area contributed by atoms with Crippen molar-refractivity contribution in [2.75, 3.05) is 26.2 Å². The summed E-state index contributed by atoms with van der Waals surface area (Å²) in [7, 11) is 0. The van der Waals surface area contributed by atoms with Gasteiger partial charge in [-0.15, -0.1) is 0 Å². The molecule has 0 aromatic heterocycles. The second kappa shape index (κ2) is 12.7. The molecular formula is C26H30ClF2N3O4. The molecule has 36 heavy (non-hydrogen) atoms. The van der Waals surface area contributed by atoms with Gasteiger partial charge in [0.15, 0.2) is 0 Å². The van der Waals surface area contributed by atoms with E-state index < -0.39 is 29.5 Å². The number of ether oxygens (including phenoxy) is 1. The highest BCUT2D eigenvalue weighted by molar-refractivity contribution is 6.31. The Morgan fingerprint density at radius 2 is 1.94 bits per heavy atom. The van der Waals surface area contributed by atoms with Gasteiger partial charge in [-0.1, -0.05) is 25.4 Å². The van der Waals surface area contributed by atoms with E-state index in [9.17, 15) is 23.2 Å². The van der Waals surface area contributed by atoms with Gasteiger partial charge in [0.05, 0.1) is 23.7 Å². The third-order valence-electron chi connectivity index (χ3n) is 5.67. The first-order valence-electron chi connectivity index (χ1n) is 11.9. The molecule has 3 amide bonds. The van der Waals surface area contributed by atoms with Crippen molar-refractivity contribution >= 4 is 29.3 Å². The number of hydrogen-bond acceptors (Lipinski definition) is 4. The molecule has 2 aromatic rings. The van der Waals surface area contributed by atoms with Crippen LogP contribution in [0, 0.1) is 17.6 Å². The molecule has 0 fully saturated rings. The predicted octanol–water partition coefficient (Wildman–Crippen LogP) is 4.19. The maximum Gasteiger partial charge on any atom is 0.257 e. The maximum absolute atomic E-state index is 14.3. The van der Waals surface area contributed by atoms with E-state index in [0.717, 1.165) is 12.1 Å². The smallest absolute Gasteiger partial charge is 0.257 e. The summed E-state index contributed by atoms with van der Waals surface area (Å²) in [5.41, 5.74) is -0.0274. The molecule has 7 nitrogen and oxygen atoms in total. The molecule has 1 aliphatic rings. The zero-order chi connectivity index (χ0) is 26.2. The Labute approximate surface area is 214 Å². The van der Waals surface area contributed by atoms with Gasteiger partial charge in [-0.2, -0.15) is 0 Å². The van der Waals surface area contributed by atoms with Crippen molar-refractivity contribution in [3.8, 4) is 5.75 Å². The number of amides is 3. The summed E-state index contributed by atoms with van der Waals surface area (Å²) in [6, 6.07) is 7.05. The molecule has 1 heterocycles. The number of nitrogens with one attached hydrogen (secondary N) is 2. The lowest BCUT2D eigenvalue weighted by molar-refractivity contribution is -0.122. The van der Waals surface area contributed by atoms with Crippen molar-refractivity contribution in [1.29, 1.82) is 0 Å². The largest absolute Gasteiger partial charge is 0.491 e. The van der Waals surface area contributed by atoms with Crippen molar-refractivity contribution in [2.24, 2.45) is 5.92 Å². The van der Waals surface area contributed by atoms with Gasteiger partial charge in [-0.05, 0) is 55.5 Å². The van der Waals surface area contributed by atoms with Crippen molar-refractivity contribution < 1.29 is 27.9 Å². The lowest BCUT2D eigenvalue weighted by Crippen LogP contribution is -2.47. The average molecular weight is 522 g/mol. The minimum absolute atomic E-state index is 0.0897. The van der Waals surface area contributed by atoms with Crippen molar-refractivity contribution in [3.05, 3.63) is 64.2 Å². The lowest BCUT2D eigenvalue weighted by atomic mass is 10.0. The number of rotatable bonds is 3. The molecular weight excluding hydrogens is 492 g/mol. The van der Waals surface area contributed by atoms with Crippen LogP contribution >= 0.6 is 11.6 Å². The van der Waals surface area contributed by atoms with E-state index in [1.165, 1.54) is 11.0 Å². The molecule has 3 rings (SSSR count). The van der Waals surface area contributed by atoms with Crippen LogP contribution in [0.15, 0.2) is 36.4 Å². The van der Waals surface area contributed by atoms with E-state index in [0.29, 0.717) is 42.6 Å². The molecule has 0 saturated heterocycles. The minimum Gasteiger partial charge on any atom is -0.491 e. The first kappa shape index (κ1) is 27.4. The highest BCUT2D eigenvalue weighted by Gasteiger charge is 2.24. The molecule has 0 spiro atoms. The molecule has 1 atom stereocenters. The van der Waals surface area contributed by atoms with Crippen LogP contribution in [0.3, 0.4) is 0 Å². The Bertz CT molecular complexity index is 1110. The molecule has 2 N–H and O–H groups in total. The number of carbonyl (C=O) groups excluding carboxylic acids is 3. The highest BCUT2D eigenvalue weighted by atomic mass is 35.5. The topological polar surface area (TPSA) is 87.7 Å². The number of nitrogens with zero attached hydrogens (tertiary/aromatic N) is 1. The van der Waals surface area contributed by atoms with Crippen LogP contribution in [0.25, 0.3) is 0 Å². The van der Waals surface area contributed by atoms with Crippen LogP contribution in [0.1, 0.15) is 53.8 Å². The zero-order valence-corrected chi connectivity index (χ0v) is 21.0. The molecule has 0 bridgehead atoms. The van der Waals surface area contributed by atoms with Gasteiger partial charge < -0.3 is 20.3 Å². The molecule has 0 unspecified atom stereocenters. The third kappa shape index (κ3) is 7.65. The monoisotopic (exact) mass is 521 g/mol. The second-order valence-electron chi connectivity index (χ2n) is 9.16. The Hall–Kier alpha value is -3.20. The van der Waals surface area contributed by atoms with Gasteiger partial charge >= 0.3 is 0 Å². The van der Waals surface area contributed by atoms with E-state index in [2.05, 4.69) is 10.6 Å². The fourth-order valence-corrected chi connectivity index (χ4v) is 4.16. The van der Waals surface area contributed by atoms with Gasteiger partial charge in [0, 0.05) is 24.2 Å². The molecule has 194 valence electrons. The fraction of sp³-hybridized carbons (Fsp3) is 0.423. The summed E-state index contributed by atoms with van der Waals surface area (Å²) >= 11 is 6.09. The SMILES string of the molecule is CC(C)C[C@@H]1COc2ccc(Cl)cc2C(=O)NCCCCN(C(=O)c2ccc(F)cc2F)CC(=O)N1. The summed E-state index contributed by atoms with van der Waals surface area (Å²) in [6.45, 7) is 4.23. The number of hydrogen-bond donors (Lipinski definition) is 2. The quantitative estimate of drug-likeness (QED) is 0.634. The summed E-state index contributed by atoms with van der Waals surface area (Å²) in [5.74, 6) is -2.72. The maximum atomic E-state index is 14.3. The molecule has 1 aliphatic heterocycles. The van der Waals surface area contributed by atoms with E-state index in [1.54, 1.807) is 12.1 Å². The lowest BCUT2D eigenvalue weighted by Gasteiger charge is -2.25. The molecule has 10 heteroatoms. The third-order valence-corrected chi connectivity index (χ3v) is 5.91. The van der Waals surface area contributed by atoms with Crippen molar-refractivity contribution in [3.63, 3.8) is 0 Å². The average Bonchev–Trinajstić information content (AvgIpc) is 2.81. The zero-order valence-electron chi connectivity index (χ0n) is 20.3. The van der Waals surface area contributed by atoms with Crippen molar-refractivity contribution in [1.82, 2.24) is 15.5 Å². The second-order valence-corrected chi connectivity index (χ2v) is 9.60. The van der Waals surface area contributed by atoms with Crippen LogP contribution in [0.2, 0.25) is 5.02 Å². The van der Waals surface area contributed by atoms with Crippen LogP contribution in [-0.2, 0) is 4.79 Å². The summed E-state index contributed by atoms with van der Waals surface area (Å²) in [6.07, 6.45) is 1.52.